The van der Waals surface area contributed by atoms with E-state index in [1.54, 1.807) is 12.1 Å². The van der Waals surface area contributed by atoms with E-state index in [9.17, 15) is 8.42 Å². The zero-order chi connectivity index (χ0) is 14.7. The van der Waals surface area contributed by atoms with Gasteiger partial charge in [0.2, 0.25) is 10.0 Å². The molecule has 6 heteroatoms. The number of primary sulfonamides is 1. The van der Waals surface area contributed by atoms with Crippen molar-refractivity contribution < 1.29 is 8.42 Å². The van der Waals surface area contributed by atoms with E-state index in [0.29, 0.717) is 6.54 Å². The standard InChI is InChI=1S/C13H19N3O2S/c1-10(16-9-13(2,3)8-14)11-4-6-12(7-5-11)19(15,17)18/h4-7,10,16H,9H2,1-3H3,(H2,15,17,18). The van der Waals surface area contributed by atoms with Crippen LogP contribution in [0.4, 0.5) is 0 Å². The lowest BCUT2D eigenvalue weighted by Gasteiger charge is -2.20. The van der Waals surface area contributed by atoms with Gasteiger partial charge in [0, 0.05) is 12.6 Å². The lowest BCUT2D eigenvalue weighted by Crippen LogP contribution is -2.30. The van der Waals surface area contributed by atoms with Crippen LogP contribution in [0.15, 0.2) is 29.2 Å². The summed E-state index contributed by atoms with van der Waals surface area (Å²) in [5.41, 5.74) is 0.510. The number of hydrogen-bond donors (Lipinski definition) is 2. The molecule has 0 radical (unpaired) electrons. The fourth-order valence-electron chi connectivity index (χ4n) is 1.51. The van der Waals surface area contributed by atoms with E-state index in [0.717, 1.165) is 5.56 Å². The van der Waals surface area contributed by atoms with E-state index in [2.05, 4.69) is 11.4 Å². The Kier molecular flexibility index (Phi) is 4.69. The van der Waals surface area contributed by atoms with Crippen LogP contribution >= 0.6 is 0 Å². The lowest BCUT2D eigenvalue weighted by atomic mass is 9.95. The summed E-state index contributed by atoms with van der Waals surface area (Å²) in [6.07, 6.45) is 0. The third-order valence-corrected chi connectivity index (χ3v) is 3.79. The number of nitrogens with one attached hydrogen (secondary N) is 1. The summed E-state index contributed by atoms with van der Waals surface area (Å²) in [6.45, 7) is 6.23. The van der Waals surface area contributed by atoms with Crippen molar-refractivity contribution in [3.8, 4) is 6.07 Å². The Morgan fingerprint density at radius 1 is 1.37 bits per heavy atom. The van der Waals surface area contributed by atoms with Crippen LogP contribution in [0.1, 0.15) is 32.4 Å². The topological polar surface area (TPSA) is 96.0 Å². The van der Waals surface area contributed by atoms with Crippen LogP contribution in [0.5, 0.6) is 0 Å². The van der Waals surface area contributed by atoms with Crippen LogP contribution in [-0.4, -0.2) is 15.0 Å². The Bertz CT molecular complexity index is 571. The molecule has 0 fully saturated rings. The number of rotatable bonds is 5. The second-order valence-electron chi connectivity index (χ2n) is 5.21. The van der Waals surface area contributed by atoms with Gasteiger partial charge in [-0.2, -0.15) is 5.26 Å². The van der Waals surface area contributed by atoms with Gasteiger partial charge in [-0.1, -0.05) is 12.1 Å². The molecule has 19 heavy (non-hydrogen) atoms. The molecule has 0 saturated carbocycles. The number of nitrogens with two attached hydrogens (primary N) is 1. The maximum absolute atomic E-state index is 11.1. The van der Waals surface area contributed by atoms with Crippen LogP contribution in [0.25, 0.3) is 0 Å². The van der Waals surface area contributed by atoms with E-state index in [1.165, 1.54) is 12.1 Å². The molecule has 0 aliphatic carbocycles. The van der Waals surface area contributed by atoms with Crippen molar-refractivity contribution in [2.45, 2.75) is 31.7 Å². The van der Waals surface area contributed by atoms with Gasteiger partial charge in [-0.25, -0.2) is 13.6 Å². The summed E-state index contributed by atoms with van der Waals surface area (Å²) in [5, 5.41) is 17.2. The predicted octanol–water partition coefficient (Wildman–Crippen LogP) is 1.53. The molecule has 0 saturated heterocycles. The van der Waals surface area contributed by atoms with Gasteiger partial charge >= 0.3 is 0 Å². The molecule has 104 valence electrons. The van der Waals surface area contributed by atoms with E-state index in [-0.39, 0.29) is 10.9 Å². The first kappa shape index (κ1) is 15.6. The van der Waals surface area contributed by atoms with Crippen molar-refractivity contribution in [3.63, 3.8) is 0 Å². The second kappa shape index (κ2) is 5.70. The van der Waals surface area contributed by atoms with Crippen LogP contribution in [0.3, 0.4) is 0 Å². The average Bonchev–Trinajstić information content (AvgIpc) is 2.35. The second-order valence-corrected chi connectivity index (χ2v) is 6.77. The Morgan fingerprint density at radius 2 is 1.89 bits per heavy atom. The molecule has 0 aliphatic rings. The number of nitriles is 1. The van der Waals surface area contributed by atoms with E-state index in [1.807, 2.05) is 20.8 Å². The quantitative estimate of drug-likeness (QED) is 0.855. The van der Waals surface area contributed by atoms with Gasteiger partial charge in [-0.15, -0.1) is 0 Å². The molecule has 1 aromatic rings. The van der Waals surface area contributed by atoms with Crippen LogP contribution < -0.4 is 10.5 Å². The Labute approximate surface area is 114 Å². The smallest absolute Gasteiger partial charge is 0.238 e. The minimum Gasteiger partial charge on any atom is -0.309 e. The largest absolute Gasteiger partial charge is 0.309 e. The monoisotopic (exact) mass is 281 g/mol. The van der Waals surface area contributed by atoms with E-state index in [4.69, 9.17) is 10.4 Å². The minimum absolute atomic E-state index is 0.0298. The molecular formula is C13H19N3O2S. The Balaban J connectivity index is 2.75. The first-order valence-electron chi connectivity index (χ1n) is 5.93. The van der Waals surface area contributed by atoms with Crippen molar-refractivity contribution in [2.75, 3.05) is 6.54 Å². The molecule has 0 aromatic heterocycles. The fourth-order valence-corrected chi connectivity index (χ4v) is 2.03. The minimum atomic E-state index is -3.65. The van der Waals surface area contributed by atoms with Gasteiger partial charge in [0.25, 0.3) is 0 Å². The molecule has 1 atom stereocenters. The van der Waals surface area contributed by atoms with Crippen LogP contribution in [0.2, 0.25) is 0 Å². The normalized spacial score (nSPS) is 13.8. The molecule has 5 nitrogen and oxygen atoms in total. The zero-order valence-electron chi connectivity index (χ0n) is 11.3. The predicted molar refractivity (Wildman–Crippen MR) is 73.6 cm³/mol. The highest BCUT2D eigenvalue weighted by molar-refractivity contribution is 7.89. The van der Waals surface area contributed by atoms with E-state index < -0.39 is 15.4 Å². The van der Waals surface area contributed by atoms with Gasteiger partial charge in [0.05, 0.1) is 16.4 Å². The highest BCUT2D eigenvalue weighted by Crippen LogP contribution is 2.18. The van der Waals surface area contributed by atoms with Gasteiger partial charge in [-0.05, 0) is 38.5 Å². The summed E-state index contributed by atoms with van der Waals surface area (Å²) < 4.78 is 22.3. The molecule has 0 amide bonds. The first-order chi connectivity index (χ1) is 8.65. The number of hydrogen-bond acceptors (Lipinski definition) is 4. The first-order valence-corrected chi connectivity index (χ1v) is 7.48. The summed E-state index contributed by atoms with van der Waals surface area (Å²) in [4.78, 5) is 0.0980. The maximum Gasteiger partial charge on any atom is 0.238 e. The number of benzene rings is 1. The summed E-state index contributed by atoms with van der Waals surface area (Å²) >= 11 is 0. The molecule has 0 heterocycles. The Morgan fingerprint density at radius 3 is 2.32 bits per heavy atom. The van der Waals surface area contributed by atoms with Crippen LogP contribution in [-0.2, 0) is 10.0 Å². The average molecular weight is 281 g/mol. The van der Waals surface area contributed by atoms with Crippen molar-refractivity contribution in [1.29, 1.82) is 5.26 Å². The third kappa shape index (κ3) is 4.63. The summed E-state index contributed by atoms with van der Waals surface area (Å²) in [7, 11) is -3.65. The zero-order valence-corrected chi connectivity index (χ0v) is 12.2. The summed E-state index contributed by atoms with van der Waals surface area (Å²) in [6, 6.07) is 8.66. The SMILES string of the molecule is CC(NCC(C)(C)C#N)c1ccc(S(N)(=O)=O)cc1. The molecule has 1 rings (SSSR count). The van der Waals surface area contributed by atoms with Crippen molar-refractivity contribution in [1.82, 2.24) is 5.32 Å². The van der Waals surface area contributed by atoms with Gasteiger partial charge in [0.1, 0.15) is 0 Å². The molecule has 1 aromatic carbocycles. The highest BCUT2D eigenvalue weighted by atomic mass is 32.2. The van der Waals surface area contributed by atoms with E-state index >= 15 is 0 Å². The molecular weight excluding hydrogens is 262 g/mol. The third-order valence-electron chi connectivity index (χ3n) is 2.86. The highest BCUT2D eigenvalue weighted by Gasteiger charge is 2.18. The van der Waals surface area contributed by atoms with Gasteiger partial charge in [0.15, 0.2) is 0 Å². The number of nitrogens with zero attached hydrogens (tertiary/aromatic N) is 1. The van der Waals surface area contributed by atoms with Gasteiger partial charge in [-0.3, -0.25) is 0 Å². The maximum atomic E-state index is 11.1. The molecule has 3 N–H and O–H groups in total. The Hall–Kier alpha value is -1.42. The van der Waals surface area contributed by atoms with Gasteiger partial charge < -0.3 is 5.32 Å². The van der Waals surface area contributed by atoms with Crippen LogP contribution in [0, 0.1) is 16.7 Å². The lowest BCUT2D eigenvalue weighted by molar-refractivity contribution is 0.415. The summed E-state index contributed by atoms with van der Waals surface area (Å²) in [5.74, 6) is 0. The molecule has 0 aliphatic heterocycles. The molecule has 0 spiro atoms. The van der Waals surface area contributed by atoms with Crippen molar-refractivity contribution in [2.24, 2.45) is 10.6 Å². The number of sulfonamides is 1. The van der Waals surface area contributed by atoms with Crippen molar-refractivity contribution >= 4 is 10.0 Å². The molecule has 0 bridgehead atoms. The molecule has 1 unspecified atom stereocenters. The fraction of sp³-hybridized carbons (Fsp3) is 0.462. The van der Waals surface area contributed by atoms with Crippen molar-refractivity contribution in [3.05, 3.63) is 29.8 Å².